The van der Waals surface area contributed by atoms with Gasteiger partial charge in [0.2, 0.25) is 5.91 Å². The maximum absolute atomic E-state index is 13.8. The van der Waals surface area contributed by atoms with E-state index in [0.717, 1.165) is 42.4 Å². The van der Waals surface area contributed by atoms with E-state index < -0.39 is 5.63 Å². The first-order valence-electron chi connectivity index (χ1n) is 13.3. The van der Waals surface area contributed by atoms with Gasteiger partial charge < -0.3 is 14.1 Å². The van der Waals surface area contributed by atoms with Crippen molar-refractivity contribution < 1.29 is 13.9 Å². The van der Waals surface area contributed by atoms with Gasteiger partial charge >= 0.3 is 5.63 Å². The molecule has 0 radical (unpaired) electrons. The summed E-state index contributed by atoms with van der Waals surface area (Å²) in [6.45, 7) is 6.92. The van der Waals surface area contributed by atoms with E-state index in [9.17, 15) is 9.59 Å². The van der Waals surface area contributed by atoms with Crippen LogP contribution in [0.4, 0.5) is 0 Å². The Morgan fingerprint density at radius 1 is 1.17 bits per heavy atom. The third-order valence-electron chi connectivity index (χ3n) is 9.01. The maximum atomic E-state index is 13.8. The molecular formula is C29H36N2O4. The van der Waals surface area contributed by atoms with Crippen LogP contribution < -0.4 is 10.4 Å². The lowest BCUT2D eigenvalue weighted by Crippen LogP contribution is -2.60. The Morgan fingerprint density at radius 2 is 2.03 bits per heavy atom. The highest BCUT2D eigenvalue weighted by Gasteiger charge is 2.46. The minimum atomic E-state index is -0.415. The third-order valence-corrected chi connectivity index (χ3v) is 9.01. The first-order valence-corrected chi connectivity index (χ1v) is 13.3. The van der Waals surface area contributed by atoms with Gasteiger partial charge in [-0.2, -0.15) is 0 Å². The number of methoxy groups -OCH3 is 1. The molecule has 0 N–H and O–H groups in total. The van der Waals surface area contributed by atoms with Gasteiger partial charge in [-0.15, -0.1) is 0 Å². The summed E-state index contributed by atoms with van der Waals surface area (Å²) in [6.07, 6.45) is 9.85. The molecule has 4 aliphatic rings. The van der Waals surface area contributed by atoms with Crippen molar-refractivity contribution in [2.75, 3.05) is 26.7 Å². The van der Waals surface area contributed by atoms with Crippen molar-refractivity contribution in [2.45, 2.75) is 70.9 Å². The molecule has 0 spiro atoms. The summed E-state index contributed by atoms with van der Waals surface area (Å²) >= 11 is 0. The van der Waals surface area contributed by atoms with Gasteiger partial charge in [0.15, 0.2) is 0 Å². The second-order valence-corrected chi connectivity index (χ2v) is 11.1. The zero-order chi connectivity index (χ0) is 24.3. The zero-order valence-electron chi connectivity index (χ0n) is 21.1. The van der Waals surface area contributed by atoms with Gasteiger partial charge in [0.05, 0.1) is 30.5 Å². The summed E-state index contributed by atoms with van der Waals surface area (Å²) in [4.78, 5) is 31.6. The lowest BCUT2D eigenvalue weighted by molar-refractivity contribution is -0.135. The Balaban J connectivity index is 1.32. The Morgan fingerprint density at radius 3 is 2.86 bits per heavy atom. The Kier molecular flexibility index (Phi) is 5.75. The predicted octanol–water partition coefficient (Wildman–Crippen LogP) is 4.38. The van der Waals surface area contributed by atoms with Crippen molar-refractivity contribution in [2.24, 2.45) is 11.8 Å². The van der Waals surface area contributed by atoms with E-state index in [1.807, 2.05) is 26.0 Å². The van der Waals surface area contributed by atoms with Crippen LogP contribution in [0.15, 0.2) is 33.0 Å². The van der Waals surface area contributed by atoms with Crippen molar-refractivity contribution in [3.05, 3.63) is 50.9 Å². The van der Waals surface area contributed by atoms with Crippen LogP contribution in [0.5, 0.6) is 5.75 Å². The predicted molar refractivity (Wildman–Crippen MR) is 136 cm³/mol. The molecule has 4 heterocycles. The number of nitrogens with zero attached hydrogens (tertiary/aromatic N) is 2. The molecule has 6 heteroatoms. The fourth-order valence-corrected chi connectivity index (χ4v) is 7.51. The molecule has 1 amide bonds. The number of benzene rings is 1. The van der Waals surface area contributed by atoms with Crippen molar-refractivity contribution in [3.63, 3.8) is 0 Å². The largest absolute Gasteiger partial charge is 0.496 e. The van der Waals surface area contributed by atoms with E-state index in [2.05, 4.69) is 15.9 Å². The molecule has 2 aromatic rings. The minimum Gasteiger partial charge on any atom is -0.496 e. The lowest BCUT2D eigenvalue weighted by Gasteiger charge is -2.54. The molecule has 2 bridgehead atoms. The van der Waals surface area contributed by atoms with Crippen LogP contribution in [-0.2, 0) is 11.2 Å². The maximum Gasteiger partial charge on any atom is 0.340 e. The summed E-state index contributed by atoms with van der Waals surface area (Å²) in [5.41, 5.74) is 3.77. The summed E-state index contributed by atoms with van der Waals surface area (Å²) in [6, 6.07) is 4.68. The standard InChI is InChI=1S/C29H36N2O4/c1-17-11-24(34-3)27-18(2)22(29(33)35-25(27)12-17)15-26(32)31-10-6-7-19-13-20-14-21(28(19)31)16-30-9-5-4-8-23(20)30/h11-13,20-21,23,28H,4-10,14-16H2,1-3H3/t20?,21-,23+,28+/m0/s1. The highest BCUT2D eigenvalue weighted by Crippen LogP contribution is 2.45. The number of rotatable bonds is 3. The second kappa shape index (κ2) is 8.81. The minimum absolute atomic E-state index is 0.0423. The van der Waals surface area contributed by atoms with Gasteiger partial charge in [0, 0.05) is 19.1 Å². The van der Waals surface area contributed by atoms with Crippen LogP contribution in [0.1, 0.15) is 55.2 Å². The molecule has 6 rings (SSSR count). The van der Waals surface area contributed by atoms with Crippen LogP contribution in [-0.4, -0.2) is 54.5 Å². The Bertz CT molecular complexity index is 1260. The summed E-state index contributed by atoms with van der Waals surface area (Å²) in [5.74, 6) is 1.85. The van der Waals surface area contributed by atoms with Crippen LogP contribution >= 0.6 is 0 Å². The molecule has 1 aliphatic carbocycles. The first kappa shape index (κ1) is 22.8. The molecule has 3 aliphatic heterocycles. The Labute approximate surface area is 206 Å². The topological polar surface area (TPSA) is 63.0 Å². The van der Waals surface area contributed by atoms with Crippen LogP contribution in [0.3, 0.4) is 0 Å². The molecule has 3 fully saturated rings. The third kappa shape index (κ3) is 3.81. The smallest absolute Gasteiger partial charge is 0.340 e. The molecule has 3 saturated heterocycles. The fourth-order valence-electron chi connectivity index (χ4n) is 7.51. The molecular weight excluding hydrogens is 440 g/mol. The molecule has 1 aromatic heterocycles. The van der Waals surface area contributed by atoms with E-state index in [4.69, 9.17) is 9.15 Å². The molecule has 1 unspecified atom stereocenters. The van der Waals surface area contributed by atoms with Crippen molar-refractivity contribution >= 4 is 16.9 Å². The highest BCUT2D eigenvalue weighted by molar-refractivity contribution is 5.90. The van der Waals surface area contributed by atoms with Gasteiger partial charge in [-0.05, 0) is 87.6 Å². The number of likely N-dealkylation sites (tertiary alicyclic amines) is 1. The van der Waals surface area contributed by atoms with Crippen LogP contribution in [0, 0.1) is 25.7 Å². The number of fused-ring (bicyclic) bond motifs is 7. The van der Waals surface area contributed by atoms with Crippen LogP contribution in [0.2, 0.25) is 0 Å². The van der Waals surface area contributed by atoms with Crippen LogP contribution in [0.25, 0.3) is 11.0 Å². The van der Waals surface area contributed by atoms with Crippen molar-refractivity contribution in [3.8, 4) is 5.75 Å². The number of piperidine rings is 3. The monoisotopic (exact) mass is 476 g/mol. The lowest BCUT2D eigenvalue weighted by atomic mass is 9.68. The average molecular weight is 477 g/mol. The normalized spacial score (nSPS) is 28.3. The van der Waals surface area contributed by atoms with Gasteiger partial charge in [-0.1, -0.05) is 18.1 Å². The quantitative estimate of drug-likeness (QED) is 0.486. The van der Waals surface area contributed by atoms with Gasteiger partial charge in [0.1, 0.15) is 11.3 Å². The molecule has 186 valence electrons. The van der Waals surface area contributed by atoms with E-state index in [1.165, 1.54) is 37.8 Å². The van der Waals surface area contributed by atoms with E-state index in [0.29, 0.717) is 34.8 Å². The average Bonchev–Trinajstić information content (AvgIpc) is 2.85. The number of aryl methyl sites for hydroxylation is 2. The summed E-state index contributed by atoms with van der Waals surface area (Å²) in [5, 5.41) is 0.781. The van der Waals surface area contributed by atoms with E-state index >= 15 is 0 Å². The molecule has 0 saturated carbocycles. The molecule has 4 atom stereocenters. The number of hydrogen-bond acceptors (Lipinski definition) is 5. The van der Waals surface area contributed by atoms with Gasteiger partial charge in [0.25, 0.3) is 0 Å². The van der Waals surface area contributed by atoms with E-state index in [1.54, 1.807) is 7.11 Å². The Hall–Kier alpha value is -2.60. The number of ether oxygens (including phenoxy) is 1. The highest BCUT2D eigenvalue weighted by atomic mass is 16.5. The number of amides is 1. The zero-order valence-corrected chi connectivity index (χ0v) is 21.1. The molecule has 35 heavy (non-hydrogen) atoms. The fraction of sp³-hybridized carbons (Fsp3) is 0.586. The molecule has 1 aromatic carbocycles. The molecule has 6 nitrogen and oxygen atoms in total. The number of carbonyl (C=O) groups excluding carboxylic acids is 1. The number of carbonyl (C=O) groups is 1. The number of hydrogen-bond donors (Lipinski definition) is 0. The first-order chi connectivity index (χ1) is 16.9. The van der Waals surface area contributed by atoms with Crippen molar-refractivity contribution in [1.29, 1.82) is 0 Å². The summed E-state index contributed by atoms with van der Waals surface area (Å²) < 4.78 is 11.3. The van der Waals surface area contributed by atoms with Crippen molar-refractivity contribution in [1.82, 2.24) is 9.80 Å². The van der Waals surface area contributed by atoms with E-state index in [-0.39, 0.29) is 18.4 Å². The van der Waals surface area contributed by atoms with Gasteiger partial charge in [-0.25, -0.2) is 4.79 Å². The van der Waals surface area contributed by atoms with Gasteiger partial charge in [-0.3, -0.25) is 9.69 Å². The summed E-state index contributed by atoms with van der Waals surface area (Å²) in [7, 11) is 1.62. The second-order valence-electron chi connectivity index (χ2n) is 11.1. The SMILES string of the molecule is COc1cc(C)cc2oc(=O)c(CC(=O)N3CCCC4=CC5C[C@@H](CN6CCCC[C@H]56)[C@@H]43)c(C)c12.